The number of benzene rings is 5. The molecule has 0 spiro atoms. The van der Waals surface area contributed by atoms with Gasteiger partial charge in [-0.1, -0.05) is 103 Å². The Morgan fingerprint density at radius 3 is 1.21 bits per heavy atom. The first-order chi connectivity index (χ1) is 25.5. The van der Waals surface area contributed by atoms with Gasteiger partial charge in [-0.3, -0.25) is 18.7 Å². The van der Waals surface area contributed by atoms with Gasteiger partial charge in [0, 0.05) is 21.2 Å². The number of aliphatic carboxylic acids is 2. The number of nitrogens with one attached hydrogen (secondary N) is 1. The molecule has 53 heavy (non-hydrogen) atoms. The molecule has 274 valence electrons. The van der Waals surface area contributed by atoms with Crippen LogP contribution in [0.1, 0.15) is 12.0 Å². The summed E-state index contributed by atoms with van der Waals surface area (Å²) >= 11 is 0. The minimum Gasteiger partial charge on any atom is -0.481 e. The number of carbonyl (C=O) groups excluding carboxylic acids is 2. The molecular weight excluding hydrogens is 720 g/mol. The summed E-state index contributed by atoms with van der Waals surface area (Å²) in [5, 5.41) is 21.2. The molecule has 14 heteroatoms. The summed E-state index contributed by atoms with van der Waals surface area (Å²) in [6, 6.07) is 42.5. The van der Waals surface area contributed by atoms with E-state index in [-0.39, 0.29) is 6.61 Å². The van der Waals surface area contributed by atoms with Crippen molar-refractivity contribution < 1.29 is 52.3 Å². The molecule has 12 nitrogen and oxygen atoms in total. The zero-order valence-corrected chi connectivity index (χ0v) is 30.1. The molecule has 0 bridgehead atoms. The number of hydrogen-bond acceptors (Lipinski definition) is 9. The summed E-state index contributed by atoms with van der Waals surface area (Å²) in [5.74, 6) is -3.21. The monoisotopic (exact) mass is 757 g/mol. The number of hydrogen-bond donors (Lipinski definition) is 3. The van der Waals surface area contributed by atoms with Gasteiger partial charge in [0.2, 0.25) is 0 Å². The maximum atomic E-state index is 13.9. The van der Waals surface area contributed by atoms with Crippen LogP contribution in [0, 0.1) is 0 Å². The Balaban J connectivity index is 0.000000281. The summed E-state index contributed by atoms with van der Waals surface area (Å²) in [5.41, 5.74) is 0.739. The van der Waals surface area contributed by atoms with Crippen LogP contribution in [-0.4, -0.2) is 53.3 Å². The predicted molar refractivity (Wildman–Crippen MR) is 200 cm³/mol. The lowest BCUT2D eigenvalue weighted by Crippen LogP contribution is -2.42. The van der Waals surface area contributed by atoms with E-state index in [1.807, 2.05) is 29.6 Å². The van der Waals surface area contributed by atoms with Crippen LogP contribution in [0.2, 0.25) is 0 Å². The second kappa shape index (κ2) is 19.8. The standard InChI is InChI=1S/C27H24O5P2.C12H13NO6/c28-23(21-31-33(29,24-13-5-1-6-14-24)25-15-7-2-8-16-25)22-32-34(30,26-17-9-3-10-18-26)27-19-11-4-12-20-27;14-10(15)6-9(11(16)17)13-12(18)19-7-8-4-2-1-3-5-8/h1-20H,21-22H2;1-5,9H,6-7H2,(H,13,18)(H,14,15)(H,16,17)/t;9-/m.0/s1. The topological polar surface area (TPSA) is 183 Å². The Hall–Kier alpha value is -5.64. The van der Waals surface area contributed by atoms with Crippen molar-refractivity contribution in [1.29, 1.82) is 0 Å². The van der Waals surface area contributed by atoms with Gasteiger partial charge in [-0.2, -0.15) is 0 Å². The zero-order valence-electron chi connectivity index (χ0n) is 28.3. The quantitative estimate of drug-likeness (QED) is 0.111. The third kappa shape index (κ3) is 12.0. The van der Waals surface area contributed by atoms with Crippen molar-refractivity contribution in [3.8, 4) is 0 Å². The normalized spacial score (nSPS) is 11.6. The Morgan fingerprint density at radius 1 is 0.547 bits per heavy atom. The fraction of sp³-hybridized carbons (Fsp3) is 0.128. The molecule has 3 N–H and O–H groups in total. The molecule has 0 aliphatic rings. The number of carboxylic acid groups (broad SMARTS) is 2. The lowest BCUT2D eigenvalue weighted by atomic mass is 10.2. The molecule has 0 aliphatic heterocycles. The number of carbonyl (C=O) groups is 4. The minimum absolute atomic E-state index is 0.0217. The predicted octanol–water partition coefficient (Wildman–Crippen LogP) is 5.29. The van der Waals surface area contributed by atoms with Crippen LogP contribution in [-0.2, 0) is 43.9 Å². The molecule has 1 amide bonds. The van der Waals surface area contributed by atoms with Crippen LogP contribution in [0.25, 0.3) is 0 Å². The molecule has 5 aromatic rings. The second-order valence-electron chi connectivity index (χ2n) is 11.2. The lowest BCUT2D eigenvalue weighted by molar-refractivity contribution is -0.145. The van der Waals surface area contributed by atoms with Gasteiger partial charge in [-0.15, -0.1) is 0 Å². The Bertz CT molecular complexity index is 1840. The Kier molecular flexibility index (Phi) is 15.0. The van der Waals surface area contributed by atoms with Gasteiger partial charge in [0.05, 0.1) is 6.42 Å². The van der Waals surface area contributed by atoms with Crippen LogP contribution in [0.3, 0.4) is 0 Å². The SMILES string of the molecule is O=C(COP(=O)(c1ccccc1)c1ccccc1)COP(=O)(c1ccccc1)c1ccccc1.O=C(O)C[C@H](NC(=O)OCc1ccccc1)C(=O)O. The fourth-order valence-corrected chi connectivity index (χ4v) is 8.85. The molecular formula is C39H37NO11P2. The van der Waals surface area contributed by atoms with Crippen LogP contribution in [0.15, 0.2) is 152 Å². The van der Waals surface area contributed by atoms with Crippen molar-refractivity contribution in [2.75, 3.05) is 13.2 Å². The van der Waals surface area contributed by atoms with Gasteiger partial charge < -0.3 is 29.3 Å². The number of ether oxygens (including phenoxy) is 1. The number of carboxylic acids is 2. The maximum Gasteiger partial charge on any atom is 0.408 e. The van der Waals surface area contributed by atoms with Gasteiger partial charge in [-0.05, 0) is 54.1 Å². The van der Waals surface area contributed by atoms with E-state index in [2.05, 4.69) is 0 Å². The molecule has 1 atom stereocenters. The lowest BCUT2D eigenvalue weighted by Gasteiger charge is -2.21. The van der Waals surface area contributed by atoms with E-state index in [9.17, 15) is 28.3 Å². The van der Waals surface area contributed by atoms with E-state index in [0.717, 1.165) is 5.56 Å². The highest BCUT2D eigenvalue weighted by Crippen LogP contribution is 2.46. The second-order valence-corrected chi connectivity index (χ2v) is 16.0. The summed E-state index contributed by atoms with van der Waals surface area (Å²) < 4.78 is 44.1. The van der Waals surface area contributed by atoms with Crippen molar-refractivity contribution >= 4 is 59.8 Å². The summed E-state index contributed by atoms with van der Waals surface area (Å²) in [6.07, 6.45) is -1.69. The van der Waals surface area contributed by atoms with E-state index in [1.54, 1.807) is 127 Å². The number of alkyl carbamates (subject to hydrolysis) is 1. The minimum atomic E-state index is -3.50. The molecule has 0 saturated carbocycles. The summed E-state index contributed by atoms with van der Waals surface area (Å²) in [6.45, 7) is -0.901. The van der Waals surface area contributed by atoms with Crippen LogP contribution >= 0.6 is 14.7 Å². The molecule has 0 radical (unpaired) electrons. The maximum absolute atomic E-state index is 13.9. The molecule has 5 rings (SSSR count). The first-order valence-corrected chi connectivity index (χ1v) is 19.4. The number of amides is 1. The highest BCUT2D eigenvalue weighted by molar-refractivity contribution is 7.74. The fourth-order valence-electron chi connectivity index (χ4n) is 4.74. The smallest absolute Gasteiger partial charge is 0.408 e. The van der Waals surface area contributed by atoms with Crippen LogP contribution < -0.4 is 26.5 Å². The number of rotatable bonds is 16. The van der Waals surface area contributed by atoms with E-state index in [4.69, 9.17) is 24.0 Å². The molecule has 0 heterocycles. The molecule has 0 saturated heterocycles. The highest BCUT2D eigenvalue weighted by atomic mass is 31.2. The van der Waals surface area contributed by atoms with Gasteiger partial charge in [0.1, 0.15) is 25.9 Å². The average molecular weight is 758 g/mol. The molecule has 0 fully saturated rings. The largest absolute Gasteiger partial charge is 0.481 e. The van der Waals surface area contributed by atoms with Crippen molar-refractivity contribution in [2.45, 2.75) is 19.1 Å². The average Bonchev–Trinajstić information content (AvgIpc) is 3.19. The zero-order chi connectivity index (χ0) is 38.1. The van der Waals surface area contributed by atoms with Gasteiger partial charge in [0.25, 0.3) is 14.7 Å². The van der Waals surface area contributed by atoms with Crippen LogP contribution in [0.5, 0.6) is 0 Å². The summed E-state index contributed by atoms with van der Waals surface area (Å²) in [4.78, 5) is 45.2. The molecule has 5 aromatic carbocycles. The van der Waals surface area contributed by atoms with E-state index < -0.39 is 64.2 Å². The molecule has 0 aliphatic carbocycles. The number of ketones is 1. The number of Topliss-reactive ketones (excluding diaryl/α,β-unsaturated/α-hetero) is 1. The third-order valence-corrected chi connectivity index (χ3v) is 12.3. The van der Waals surface area contributed by atoms with Crippen LogP contribution in [0.4, 0.5) is 4.79 Å². The third-order valence-electron chi connectivity index (χ3n) is 7.38. The van der Waals surface area contributed by atoms with E-state index >= 15 is 0 Å². The Morgan fingerprint density at radius 2 is 0.887 bits per heavy atom. The van der Waals surface area contributed by atoms with E-state index in [0.29, 0.717) is 21.2 Å². The van der Waals surface area contributed by atoms with Crippen molar-refractivity contribution in [2.24, 2.45) is 0 Å². The van der Waals surface area contributed by atoms with E-state index in [1.165, 1.54) is 0 Å². The molecule has 0 aromatic heterocycles. The summed E-state index contributed by atoms with van der Waals surface area (Å²) in [7, 11) is -7.01. The van der Waals surface area contributed by atoms with Gasteiger partial charge >= 0.3 is 18.0 Å². The van der Waals surface area contributed by atoms with Crippen molar-refractivity contribution in [1.82, 2.24) is 5.32 Å². The molecule has 0 unspecified atom stereocenters. The van der Waals surface area contributed by atoms with Gasteiger partial charge in [0.15, 0.2) is 5.78 Å². The van der Waals surface area contributed by atoms with Crippen molar-refractivity contribution in [3.63, 3.8) is 0 Å². The highest BCUT2D eigenvalue weighted by Gasteiger charge is 2.32. The van der Waals surface area contributed by atoms with Gasteiger partial charge in [-0.25, -0.2) is 9.59 Å². The first-order valence-electron chi connectivity index (χ1n) is 16.2. The first kappa shape index (κ1) is 40.1. The van der Waals surface area contributed by atoms with Crippen molar-refractivity contribution in [3.05, 3.63) is 157 Å². The Labute approximate surface area is 306 Å².